The average molecular weight is 446 g/mol. The maximum absolute atomic E-state index is 14.9. The number of fused-ring (bicyclic) bond motifs is 1. The number of carbonyl (C=O) groups excluding carboxylic acids is 1. The number of anilines is 1. The van der Waals surface area contributed by atoms with Gasteiger partial charge in [-0.05, 0) is 30.3 Å². The Morgan fingerprint density at radius 3 is 2.64 bits per heavy atom. The molecule has 1 saturated heterocycles. The van der Waals surface area contributed by atoms with Crippen LogP contribution in [0.1, 0.15) is 6.04 Å². The van der Waals surface area contributed by atoms with E-state index in [-0.39, 0.29) is 34.7 Å². The van der Waals surface area contributed by atoms with E-state index in [2.05, 4.69) is 16.5 Å². The lowest BCUT2D eigenvalue weighted by Gasteiger charge is -2.38. The number of nitrogens with zero attached hydrogens (tertiary/aromatic N) is 5. The zero-order valence-electron chi connectivity index (χ0n) is 17.4. The Hall–Kier alpha value is -4.47. The highest BCUT2D eigenvalue weighted by Gasteiger charge is 2.35. The summed E-state index contributed by atoms with van der Waals surface area (Å²) in [7, 11) is 0. The van der Waals surface area contributed by atoms with Crippen LogP contribution in [-0.2, 0) is 4.79 Å². The maximum Gasteiger partial charge on any atom is 0.335 e. The fourth-order valence-corrected chi connectivity index (χ4v) is 3.89. The molecule has 33 heavy (non-hydrogen) atoms. The number of nitrogen functional groups attached to an aromatic ring is 1. The van der Waals surface area contributed by atoms with E-state index in [9.17, 15) is 14.0 Å². The molecule has 0 spiro atoms. The first-order valence-electron chi connectivity index (χ1n) is 10.2. The second-order valence-corrected chi connectivity index (χ2v) is 7.55. The second-order valence-electron chi connectivity index (χ2n) is 7.55. The fraction of sp³-hybridized carbons (Fsp3) is 0.130. The molecule has 10 heteroatoms. The van der Waals surface area contributed by atoms with Crippen molar-refractivity contribution in [2.75, 3.05) is 18.8 Å². The predicted octanol–water partition coefficient (Wildman–Crippen LogP) is 2.67. The van der Waals surface area contributed by atoms with Gasteiger partial charge in [0.15, 0.2) is 23.0 Å². The molecule has 0 unspecified atom stereocenters. The maximum atomic E-state index is 14.9. The number of nitrogens with two attached hydrogens (primary N) is 1. The van der Waals surface area contributed by atoms with E-state index in [1.54, 1.807) is 35.2 Å². The SMILES string of the molecule is C=CC(=O)N1CC(n2c(=O)n(-c3ccc(Oc4ccccc4)c(F)c3)c3c(N)ncnc32)C1. The smallest absolute Gasteiger partial charge is 0.335 e. The monoisotopic (exact) mass is 446 g/mol. The number of halogens is 1. The number of ether oxygens (including phenoxy) is 1. The number of aromatic nitrogens is 4. The number of rotatable bonds is 5. The predicted molar refractivity (Wildman–Crippen MR) is 120 cm³/mol. The molecular weight excluding hydrogens is 427 g/mol. The van der Waals surface area contributed by atoms with Gasteiger partial charge in [-0.2, -0.15) is 0 Å². The number of para-hydroxylation sites is 1. The van der Waals surface area contributed by atoms with E-state index >= 15 is 0 Å². The number of hydrogen-bond donors (Lipinski definition) is 1. The molecule has 2 N–H and O–H groups in total. The molecule has 0 saturated carbocycles. The molecule has 5 rings (SSSR count). The van der Waals surface area contributed by atoms with Gasteiger partial charge in [0.2, 0.25) is 5.91 Å². The molecule has 2 aromatic heterocycles. The summed E-state index contributed by atoms with van der Waals surface area (Å²) in [6.07, 6.45) is 2.49. The first kappa shape index (κ1) is 20.4. The van der Waals surface area contributed by atoms with E-state index < -0.39 is 11.5 Å². The topological polar surface area (TPSA) is 108 Å². The van der Waals surface area contributed by atoms with Gasteiger partial charge in [0, 0.05) is 19.2 Å². The summed E-state index contributed by atoms with van der Waals surface area (Å²) < 4.78 is 23.2. The van der Waals surface area contributed by atoms with Crippen molar-refractivity contribution < 1.29 is 13.9 Å². The largest absolute Gasteiger partial charge is 0.454 e. The van der Waals surface area contributed by atoms with E-state index in [0.717, 1.165) is 0 Å². The number of imidazole rings is 1. The van der Waals surface area contributed by atoms with Crippen LogP contribution in [0.15, 0.2) is 72.3 Å². The molecular formula is C23H19FN6O3. The first-order chi connectivity index (χ1) is 16.0. The van der Waals surface area contributed by atoms with Crippen LogP contribution >= 0.6 is 0 Å². The van der Waals surface area contributed by atoms with Gasteiger partial charge in [-0.3, -0.25) is 13.9 Å². The van der Waals surface area contributed by atoms with Crippen molar-refractivity contribution in [3.63, 3.8) is 0 Å². The third kappa shape index (κ3) is 3.41. The molecule has 3 heterocycles. The van der Waals surface area contributed by atoms with Crippen molar-refractivity contribution >= 4 is 22.9 Å². The first-order valence-corrected chi connectivity index (χ1v) is 10.2. The third-order valence-corrected chi connectivity index (χ3v) is 5.54. The number of amides is 1. The third-order valence-electron chi connectivity index (χ3n) is 5.54. The summed E-state index contributed by atoms with van der Waals surface area (Å²) in [6, 6.07) is 12.7. The van der Waals surface area contributed by atoms with Crippen molar-refractivity contribution in [3.05, 3.63) is 83.8 Å². The van der Waals surface area contributed by atoms with Gasteiger partial charge in [-0.25, -0.2) is 19.2 Å². The summed E-state index contributed by atoms with van der Waals surface area (Å²) in [5.74, 6) is -0.277. The normalized spacial score (nSPS) is 13.7. The van der Waals surface area contributed by atoms with Crippen LogP contribution in [0.2, 0.25) is 0 Å². The summed E-state index contributed by atoms with van der Waals surface area (Å²) in [5.41, 5.74) is 6.46. The highest BCUT2D eigenvalue weighted by atomic mass is 19.1. The Morgan fingerprint density at radius 1 is 1.18 bits per heavy atom. The molecule has 1 aliphatic heterocycles. The van der Waals surface area contributed by atoms with Crippen molar-refractivity contribution in [2.24, 2.45) is 0 Å². The highest BCUT2D eigenvalue weighted by Crippen LogP contribution is 2.30. The van der Waals surface area contributed by atoms with Crippen LogP contribution in [0.25, 0.3) is 16.9 Å². The van der Waals surface area contributed by atoms with Crippen molar-refractivity contribution in [3.8, 4) is 17.2 Å². The molecule has 0 aliphatic carbocycles. The van der Waals surface area contributed by atoms with Gasteiger partial charge in [0.05, 0.1) is 11.7 Å². The Kier molecular flexibility index (Phi) is 4.89. The molecule has 0 radical (unpaired) electrons. The zero-order chi connectivity index (χ0) is 23.1. The Morgan fingerprint density at radius 2 is 1.94 bits per heavy atom. The molecule has 1 aliphatic rings. The van der Waals surface area contributed by atoms with Crippen molar-refractivity contribution in [2.45, 2.75) is 6.04 Å². The fourth-order valence-electron chi connectivity index (χ4n) is 3.89. The quantitative estimate of drug-likeness (QED) is 0.472. The molecule has 2 aromatic carbocycles. The van der Waals surface area contributed by atoms with Gasteiger partial charge in [-0.15, -0.1) is 0 Å². The molecule has 4 aromatic rings. The Labute approximate surface area is 187 Å². The number of benzene rings is 2. The van der Waals surface area contributed by atoms with Crippen LogP contribution in [0, 0.1) is 5.82 Å². The van der Waals surface area contributed by atoms with E-state index in [1.165, 1.54) is 33.7 Å². The van der Waals surface area contributed by atoms with Crippen LogP contribution in [0.3, 0.4) is 0 Å². The van der Waals surface area contributed by atoms with Crippen molar-refractivity contribution in [1.82, 2.24) is 24.0 Å². The second kappa shape index (κ2) is 7.90. The standard InChI is InChI=1S/C23H19FN6O3/c1-2-19(31)28-11-15(12-28)30-22-20(21(25)26-13-27-22)29(23(30)32)14-8-9-18(17(24)10-14)33-16-6-4-3-5-7-16/h2-10,13,15H,1,11-12H2,(H2,25,26,27). The van der Waals surface area contributed by atoms with Gasteiger partial charge in [0.25, 0.3) is 0 Å². The number of likely N-dealkylation sites (tertiary alicyclic amines) is 1. The molecule has 0 bridgehead atoms. The Bertz CT molecular complexity index is 1440. The van der Waals surface area contributed by atoms with E-state index in [0.29, 0.717) is 24.5 Å². The van der Waals surface area contributed by atoms with E-state index in [4.69, 9.17) is 10.5 Å². The minimum absolute atomic E-state index is 0.0172. The summed E-state index contributed by atoms with van der Waals surface area (Å²) in [6.45, 7) is 4.13. The van der Waals surface area contributed by atoms with Gasteiger partial charge in [0.1, 0.15) is 17.6 Å². The number of hydrogen-bond acceptors (Lipinski definition) is 6. The minimum atomic E-state index is -0.647. The zero-order valence-corrected chi connectivity index (χ0v) is 17.4. The summed E-state index contributed by atoms with van der Waals surface area (Å²) in [5, 5.41) is 0. The summed E-state index contributed by atoms with van der Waals surface area (Å²) >= 11 is 0. The lowest BCUT2D eigenvalue weighted by atomic mass is 10.1. The van der Waals surface area contributed by atoms with Crippen LogP contribution < -0.4 is 16.2 Å². The van der Waals surface area contributed by atoms with E-state index in [1.807, 2.05) is 6.07 Å². The van der Waals surface area contributed by atoms with Gasteiger partial charge < -0.3 is 15.4 Å². The molecule has 166 valence electrons. The average Bonchev–Trinajstić information content (AvgIpc) is 3.08. The molecule has 1 fully saturated rings. The highest BCUT2D eigenvalue weighted by molar-refractivity contribution is 5.88. The summed E-state index contributed by atoms with van der Waals surface area (Å²) in [4.78, 5) is 35.1. The lowest BCUT2D eigenvalue weighted by Crippen LogP contribution is -2.52. The van der Waals surface area contributed by atoms with Crippen LogP contribution in [-0.4, -0.2) is 43.0 Å². The molecule has 1 amide bonds. The van der Waals surface area contributed by atoms with Gasteiger partial charge in [-0.1, -0.05) is 24.8 Å². The number of carbonyl (C=O) groups is 1. The van der Waals surface area contributed by atoms with Crippen molar-refractivity contribution in [1.29, 1.82) is 0 Å². The lowest BCUT2D eigenvalue weighted by molar-refractivity contribution is -0.131. The molecule has 0 atom stereocenters. The van der Waals surface area contributed by atoms with Crippen LogP contribution in [0.5, 0.6) is 11.5 Å². The minimum Gasteiger partial charge on any atom is -0.454 e. The Balaban J connectivity index is 1.57. The van der Waals surface area contributed by atoms with Crippen LogP contribution in [0.4, 0.5) is 10.2 Å². The molecule has 9 nitrogen and oxygen atoms in total. The van der Waals surface area contributed by atoms with Gasteiger partial charge >= 0.3 is 5.69 Å².